The van der Waals surface area contributed by atoms with Gasteiger partial charge in [0.1, 0.15) is 10.3 Å². The first-order valence-corrected chi connectivity index (χ1v) is 9.89. The first-order valence-electron chi connectivity index (χ1n) is 6.32. The van der Waals surface area contributed by atoms with Crippen LogP contribution < -0.4 is 0 Å². The van der Waals surface area contributed by atoms with Crippen molar-refractivity contribution < 1.29 is 9.53 Å². The molecule has 0 aliphatic carbocycles. The fourth-order valence-corrected chi connectivity index (χ4v) is 3.46. The molecule has 0 aliphatic heterocycles. The second kappa shape index (κ2) is 11.6. The summed E-state index contributed by atoms with van der Waals surface area (Å²) in [6.45, 7) is 0. The largest absolute Gasteiger partial charge is 0.469 e. The number of ether oxygens (including phenoxy) is 1. The van der Waals surface area contributed by atoms with E-state index in [1.54, 1.807) is 24.5 Å². The van der Waals surface area contributed by atoms with Crippen molar-refractivity contribution in [2.45, 2.75) is 11.3 Å². The summed E-state index contributed by atoms with van der Waals surface area (Å²) in [4.78, 5) is 19.3. The molecule has 0 unspecified atom stereocenters. The van der Waals surface area contributed by atoms with Crippen molar-refractivity contribution in [1.82, 2.24) is 9.97 Å². The van der Waals surface area contributed by atoms with Gasteiger partial charge in [0.05, 0.1) is 23.6 Å². The Morgan fingerprint density at radius 1 is 1.12 bits per heavy atom. The highest BCUT2D eigenvalue weighted by atomic mass is 127. The monoisotopic (exact) mass is 538 g/mol. The lowest BCUT2D eigenvalue weighted by molar-refractivity contribution is -0.140. The minimum Gasteiger partial charge on any atom is -0.469 e. The van der Waals surface area contributed by atoms with Gasteiger partial charge >= 0.3 is 5.97 Å². The maximum atomic E-state index is 10.8. The quantitative estimate of drug-likeness (QED) is 0.205. The van der Waals surface area contributed by atoms with Crippen LogP contribution in [0.5, 0.6) is 0 Å². The molecule has 2 heterocycles. The molecule has 10 heteroatoms. The number of methoxy groups -OCH3 is 1. The molecule has 0 saturated carbocycles. The molecule has 0 atom stereocenters. The summed E-state index contributed by atoms with van der Waals surface area (Å²) in [6.07, 6.45) is 3.54. The lowest BCUT2D eigenvalue weighted by Gasteiger charge is -2.03. The number of halogens is 5. The Morgan fingerprint density at radius 2 is 1.71 bits per heavy atom. The Bertz CT molecular complexity index is 686. The average Bonchev–Trinajstić information content (AvgIpc) is 2.57. The highest BCUT2D eigenvalue weighted by Crippen LogP contribution is 2.31. The summed E-state index contributed by atoms with van der Waals surface area (Å²) in [6, 6.07) is 3.56. The van der Waals surface area contributed by atoms with Gasteiger partial charge in [-0.2, -0.15) is 0 Å². The molecule has 130 valence electrons. The minimum absolute atomic E-state index is 0.237. The molecule has 2 rings (SSSR count). The molecule has 4 nitrogen and oxygen atoms in total. The maximum absolute atomic E-state index is 10.8. The van der Waals surface area contributed by atoms with Crippen LogP contribution in [-0.4, -0.2) is 28.8 Å². The van der Waals surface area contributed by atoms with E-state index in [9.17, 15) is 4.79 Å². The van der Waals surface area contributed by atoms with Crippen molar-refractivity contribution in [3.63, 3.8) is 0 Å². The second-order valence-electron chi connectivity index (χ2n) is 3.99. The number of aromatic nitrogens is 2. The number of rotatable bonds is 4. The third-order valence-corrected chi connectivity index (χ3v) is 6.32. The highest BCUT2D eigenvalue weighted by molar-refractivity contribution is 14.1. The fourth-order valence-electron chi connectivity index (χ4n) is 1.26. The standard InChI is InChI=1S/C9H9Cl2NO2S.C5H2Cl2IN/c1-14-7(13)3-5-15-6-2-4-12-9(11)8(6)10;6-4-3(8)1-2-9-5(4)7/h2,4H,3,5H2,1H3;1-2H. The normalized spacial score (nSPS) is 9.92. The van der Waals surface area contributed by atoms with Gasteiger partial charge in [-0.1, -0.05) is 46.4 Å². The van der Waals surface area contributed by atoms with Gasteiger partial charge in [0.25, 0.3) is 0 Å². The summed E-state index contributed by atoms with van der Waals surface area (Å²) in [5.74, 6) is 0.367. The number of carbonyl (C=O) groups is 1. The van der Waals surface area contributed by atoms with Gasteiger partial charge in [-0.25, -0.2) is 9.97 Å². The van der Waals surface area contributed by atoms with Gasteiger partial charge in [0, 0.05) is 26.6 Å². The number of esters is 1. The smallest absolute Gasteiger partial charge is 0.306 e. The van der Waals surface area contributed by atoms with Crippen LogP contribution >= 0.6 is 80.8 Å². The molecular weight excluding hydrogens is 529 g/mol. The van der Waals surface area contributed by atoms with E-state index in [2.05, 4.69) is 37.3 Å². The van der Waals surface area contributed by atoms with E-state index in [4.69, 9.17) is 46.4 Å². The summed E-state index contributed by atoms with van der Waals surface area (Å²) >= 11 is 26.4. The molecule has 0 amide bonds. The van der Waals surface area contributed by atoms with Gasteiger partial charge in [0.2, 0.25) is 0 Å². The Morgan fingerprint density at radius 3 is 2.25 bits per heavy atom. The van der Waals surface area contributed by atoms with Crippen LogP contribution in [0.4, 0.5) is 0 Å². The SMILES string of the molecule is COC(=O)CCSc1ccnc(Cl)c1Cl.Clc1nccc(I)c1Cl. The van der Waals surface area contributed by atoms with Crippen molar-refractivity contribution in [1.29, 1.82) is 0 Å². The average molecular weight is 540 g/mol. The van der Waals surface area contributed by atoms with Crippen LogP contribution in [0.1, 0.15) is 6.42 Å². The zero-order valence-corrected chi connectivity index (χ0v) is 18.2. The van der Waals surface area contributed by atoms with E-state index in [1.807, 2.05) is 0 Å². The van der Waals surface area contributed by atoms with E-state index < -0.39 is 0 Å². The van der Waals surface area contributed by atoms with Gasteiger partial charge in [-0.05, 0) is 34.7 Å². The Labute approximate surface area is 177 Å². The lowest BCUT2D eigenvalue weighted by Crippen LogP contribution is -2.00. The predicted octanol–water partition coefficient (Wildman–Crippen LogP) is 6.04. The number of hydrogen-bond acceptors (Lipinski definition) is 5. The van der Waals surface area contributed by atoms with Gasteiger partial charge in [0.15, 0.2) is 0 Å². The van der Waals surface area contributed by atoms with Crippen molar-refractivity contribution >= 4 is 86.7 Å². The number of nitrogens with zero attached hydrogens (tertiary/aromatic N) is 2. The molecule has 0 spiro atoms. The minimum atomic E-state index is -0.237. The van der Waals surface area contributed by atoms with Gasteiger partial charge in [-0.15, -0.1) is 11.8 Å². The molecular formula is C14H11Cl4IN2O2S. The molecule has 0 fully saturated rings. The first kappa shape index (κ1) is 22.1. The fraction of sp³-hybridized carbons (Fsp3) is 0.214. The van der Waals surface area contributed by atoms with E-state index in [1.165, 1.54) is 18.9 Å². The Hall–Kier alpha value is 0.01000. The number of pyridine rings is 2. The molecule has 2 aromatic rings. The lowest BCUT2D eigenvalue weighted by atomic mass is 10.5. The molecule has 24 heavy (non-hydrogen) atoms. The number of carbonyl (C=O) groups excluding carboxylic acids is 1. The zero-order valence-electron chi connectivity index (χ0n) is 12.2. The molecule has 0 saturated heterocycles. The van der Waals surface area contributed by atoms with E-state index in [0.29, 0.717) is 27.4 Å². The van der Waals surface area contributed by atoms with Gasteiger partial charge < -0.3 is 4.74 Å². The molecule has 0 radical (unpaired) electrons. The van der Waals surface area contributed by atoms with Crippen molar-refractivity contribution in [2.75, 3.05) is 12.9 Å². The summed E-state index contributed by atoms with van der Waals surface area (Å²) in [7, 11) is 1.36. The Kier molecular flexibility index (Phi) is 10.7. The van der Waals surface area contributed by atoms with Crippen molar-refractivity contribution in [3.8, 4) is 0 Å². The van der Waals surface area contributed by atoms with E-state index >= 15 is 0 Å². The third kappa shape index (κ3) is 7.49. The van der Waals surface area contributed by atoms with Crippen LogP contribution in [0.3, 0.4) is 0 Å². The first-order chi connectivity index (χ1) is 11.4. The molecule has 0 N–H and O–H groups in total. The number of thioether (sulfide) groups is 1. The number of hydrogen-bond donors (Lipinski definition) is 0. The second-order valence-corrected chi connectivity index (χ2v) is 7.76. The summed E-state index contributed by atoms with van der Waals surface area (Å²) in [5.41, 5.74) is 0. The van der Waals surface area contributed by atoms with Crippen LogP contribution in [0.25, 0.3) is 0 Å². The van der Waals surface area contributed by atoms with Crippen molar-refractivity contribution in [3.05, 3.63) is 48.4 Å². The topological polar surface area (TPSA) is 52.1 Å². The Balaban J connectivity index is 0.000000272. The maximum Gasteiger partial charge on any atom is 0.306 e. The van der Waals surface area contributed by atoms with E-state index in [0.717, 1.165) is 8.47 Å². The summed E-state index contributed by atoms with van der Waals surface area (Å²) < 4.78 is 5.44. The van der Waals surface area contributed by atoms with Crippen LogP contribution in [0.2, 0.25) is 20.4 Å². The van der Waals surface area contributed by atoms with Crippen LogP contribution in [0.15, 0.2) is 29.4 Å². The van der Waals surface area contributed by atoms with Gasteiger partial charge in [-0.3, -0.25) is 4.79 Å². The third-order valence-electron chi connectivity index (χ3n) is 2.40. The van der Waals surface area contributed by atoms with Crippen molar-refractivity contribution in [2.24, 2.45) is 0 Å². The predicted molar refractivity (Wildman–Crippen MR) is 109 cm³/mol. The molecule has 2 aromatic heterocycles. The molecule has 0 aromatic carbocycles. The zero-order chi connectivity index (χ0) is 18.1. The van der Waals surface area contributed by atoms with Crippen LogP contribution in [-0.2, 0) is 9.53 Å². The molecule has 0 aliphatic rings. The highest BCUT2D eigenvalue weighted by Gasteiger charge is 2.07. The summed E-state index contributed by atoms with van der Waals surface area (Å²) in [5, 5.41) is 1.59. The van der Waals surface area contributed by atoms with Crippen LogP contribution in [0, 0.1) is 3.57 Å². The molecule has 0 bridgehead atoms. The van der Waals surface area contributed by atoms with E-state index in [-0.39, 0.29) is 11.1 Å².